The summed E-state index contributed by atoms with van der Waals surface area (Å²) < 4.78 is 1.51. The number of fused-ring (bicyclic) bond motifs is 2. The summed E-state index contributed by atoms with van der Waals surface area (Å²) in [5, 5.41) is 0.609. The molecule has 0 aliphatic carbocycles. The number of rotatable bonds is 3. The Balaban J connectivity index is 1.33. The molecule has 31 heavy (non-hydrogen) atoms. The average Bonchev–Trinajstić information content (AvgIpc) is 3.15. The molecule has 2 aliphatic heterocycles. The molecule has 8 heteroatoms. The Morgan fingerprint density at radius 3 is 2.77 bits per heavy atom. The highest BCUT2D eigenvalue weighted by atomic mass is 35.5. The summed E-state index contributed by atoms with van der Waals surface area (Å²) in [6, 6.07) is 12.8. The van der Waals surface area contributed by atoms with Crippen molar-refractivity contribution in [2.24, 2.45) is 5.92 Å². The summed E-state index contributed by atoms with van der Waals surface area (Å²) >= 11 is 6.22. The lowest BCUT2D eigenvalue weighted by atomic mass is 10.0. The number of nitrogens with zero attached hydrogens (tertiary/aromatic N) is 4. The van der Waals surface area contributed by atoms with Gasteiger partial charge in [0.1, 0.15) is 5.65 Å². The van der Waals surface area contributed by atoms with Crippen molar-refractivity contribution in [2.45, 2.75) is 25.9 Å². The van der Waals surface area contributed by atoms with Crippen molar-refractivity contribution in [3.8, 4) is 0 Å². The lowest BCUT2D eigenvalue weighted by molar-refractivity contribution is -0.136. The van der Waals surface area contributed by atoms with Crippen LogP contribution in [0.15, 0.2) is 53.5 Å². The third-order valence-corrected chi connectivity index (χ3v) is 6.44. The zero-order chi connectivity index (χ0) is 21.5. The lowest BCUT2D eigenvalue weighted by Crippen LogP contribution is -2.43. The van der Waals surface area contributed by atoms with Crippen LogP contribution >= 0.6 is 11.6 Å². The normalized spacial score (nSPS) is 18.5. The minimum absolute atomic E-state index is 0.0524. The van der Waals surface area contributed by atoms with Crippen LogP contribution in [0.3, 0.4) is 0 Å². The van der Waals surface area contributed by atoms with Crippen LogP contribution in [0.4, 0.5) is 0 Å². The molecule has 0 bridgehead atoms. The number of aromatic nitrogens is 2. The van der Waals surface area contributed by atoms with Gasteiger partial charge < -0.3 is 9.80 Å². The number of hydrogen-bond acceptors (Lipinski definition) is 4. The molecule has 158 valence electrons. The number of hydrogen-bond donors (Lipinski definition) is 0. The molecule has 1 saturated heterocycles. The van der Waals surface area contributed by atoms with Gasteiger partial charge in [0.25, 0.3) is 5.56 Å². The van der Waals surface area contributed by atoms with Gasteiger partial charge in [-0.05, 0) is 23.8 Å². The Hall–Kier alpha value is -3.19. The molecule has 7 nitrogen and oxygen atoms in total. The summed E-state index contributed by atoms with van der Waals surface area (Å²) in [4.78, 5) is 46.6. The molecule has 0 radical (unpaired) electrons. The summed E-state index contributed by atoms with van der Waals surface area (Å²) in [5.41, 5.74) is 2.65. The van der Waals surface area contributed by atoms with Crippen LogP contribution in [-0.4, -0.2) is 44.1 Å². The summed E-state index contributed by atoms with van der Waals surface area (Å²) in [6.07, 6.45) is 2.40. The van der Waals surface area contributed by atoms with Crippen LogP contribution in [0.5, 0.6) is 0 Å². The maximum Gasteiger partial charge on any atom is 0.263 e. The van der Waals surface area contributed by atoms with Crippen molar-refractivity contribution >= 4 is 29.1 Å². The molecular weight excluding hydrogens is 416 g/mol. The second-order valence-corrected chi connectivity index (χ2v) is 8.45. The minimum Gasteiger partial charge on any atom is -0.337 e. The molecule has 1 aromatic carbocycles. The Kier molecular flexibility index (Phi) is 4.98. The van der Waals surface area contributed by atoms with Gasteiger partial charge in [-0.25, -0.2) is 4.98 Å². The highest BCUT2D eigenvalue weighted by Gasteiger charge is 2.38. The Bertz CT molecular complexity index is 1260. The number of likely N-dealkylation sites (tertiary alicyclic amines) is 1. The number of carbonyl (C=O) groups is 2. The van der Waals surface area contributed by atoms with Crippen LogP contribution in [0.1, 0.15) is 23.2 Å². The van der Waals surface area contributed by atoms with E-state index in [0.29, 0.717) is 42.3 Å². The molecule has 0 N–H and O–H groups in total. The molecule has 0 spiro atoms. The van der Waals surface area contributed by atoms with Gasteiger partial charge >= 0.3 is 0 Å². The molecule has 2 aromatic heterocycles. The first-order valence-electron chi connectivity index (χ1n) is 10.3. The van der Waals surface area contributed by atoms with E-state index in [1.165, 1.54) is 4.40 Å². The summed E-state index contributed by atoms with van der Waals surface area (Å²) in [5.74, 6) is -0.547. The third kappa shape index (κ3) is 3.59. The first kappa shape index (κ1) is 19.8. The molecular formula is C23H21ClN4O3. The number of halogens is 1. The van der Waals surface area contributed by atoms with Gasteiger partial charge in [0, 0.05) is 43.7 Å². The predicted molar refractivity (Wildman–Crippen MR) is 116 cm³/mol. The number of carbonyl (C=O) groups excluding carboxylic acids is 2. The first-order valence-corrected chi connectivity index (χ1v) is 10.7. The largest absolute Gasteiger partial charge is 0.337 e. The van der Waals surface area contributed by atoms with Crippen molar-refractivity contribution in [3.05, 3.63) is 80.9 Å². The van der Waals surface area contributed by atoms with Gasteiger partial charge in [-0.2, -0.15) is 0 Å². The first-order chi connectivity index (χ1) is 15.0. The van der Waals surface area contributed by atoms with Crippen LogP contribution < -0.4 is 5.56 Å². The van der Waals surface area contributed by atoms with Crippen LogP contribution in [-0.2, 0) is 29.1 Å². The van der Waals surface area contributed by atoms with Gasteiger partial charge in [0.05, 0.1) is 23.7 Å². The molecule has 2 amide bonds. The van der Waals surface area contributed by atoms with Gasteiger partial charge in [0.15, 0.2) is 0 Å². The van der Waals surface area contributed by atoms with Crippen LogP contribution in [0.2, 0.25) is 5.02 Å². The SMILES string of the molecule is O=C1CC(C(=O)N2CCc3nc4ccccn4c(=O)c3C2)CN1Cc1ccccc1Cl. The number of pyridine rings is 1. The van der Waals surface area contributed by atoms with Gasteiger partial charge in [-0.15, -0.1) is 0 Å². The van der Waals surface area contributed by atoms with E-state index >= 15 is 0 Å². The van der Waals surface area contributed by atoms with Crippen molar-refractivity contribution in [1.82, 2.24) is 19.2 Å². The summed E-state index contributed by atoms with van der Waals surface area (Å²) in [7, 11) is 0. The molecule has 1 atom stereocenters. The van der Waals surface area contributed by atoms with Crippen molar-refractivity contribution in [1.29, 1.82) is 0 Å². The van der Waals surface area contributed by atoms with Crippen LogP contribution in [0.25, 0.3) is 5.65 Å². The summed E-state index contributed by atoms with van der Waals surface area (Å²) in [6.45, 7) is 1.48. The molecule has 2 aliphatic rings. The monoisotopic (exact) mass is 436 g/mol. The molecule has 1 fully saturated rings. The quantitative estimate of drug-likeness (QED) is 0.631. The second-order valence-electron chi connectivity index (χ2n) is 8.05. The van der Waals surface area contributed by atoms with E-state index in [-0.39, 0.29) is 30.3 Å². The Morgan fingerprint density at radius 1 is 1.13 bits per heavy atom. The fourth-order valence-corrected chi connectivity index (χ4v) is 4.61. The highest BCUT2D eigenvalue weighted by molar-refractivity contribution is 6.31. The van der Waals surface area contributed by atoms with E-state index in [1.54, 1.807) is 34.2 Å². The molecule has 5 rings (SSSR count). The molecule has 3 aromatic rings. The van der Waals surface area contributed by atoms with E-state index < -0.39 is 5.92 Å². The third-order valence-electron chi connectivity index (χ3n) is 6.08. The maximum atomic E-state index is 13.2. The van der Waals surface area contributed by atoms with Crippen molar-refractivity contribution in [2.75, 3.05) is 13.1 Å². The minimum atomic E-state index is -0.410. The zero-order valence-electron chi connectivity index (χ0n) is 16.8. The Morgan fingerprint density at radius 2 is 1.94 bits per heavy atom. The van der Waals surface area contributed by atoms with Gasteiger partial charge in [-0.1, -0.05) is 35.9 Å². The maximum absolute atomic E-state index is 13.2. The highest BCUT2D eigenvalue weighted by Crippen LogP contribution is 2.26. The lowest BCUT2D eigenvalue weighted by Gasteiger charge is -2.30. The Labute approximate surface area is 183 Å². The second kappa shape index (κ2) is 7.81. The number of amides is 2. The van der Waals surface area contributed by atoms with E-state index in [0.717, 1.165) is 11.3 Å². The van der Waals surface area contributed by atoms with Gasteiger partial charge in [0.2, 0.25) is 11.8 Å². The topological polar surface area (TPSA) is 75.0 Å². The fraction of sp³-hybridized carbons (Fsp3) is 0.304. The molecule has 4 heterocycles. The van der Waals surface area contributed by atoms with Gasteiger partial charge in [-0.3, -0.25) is 18.8 Å². The average molecular weight is 437 g/mol. The predicted octanol–water partition coefficient (Wildman–Crippen LogP) is 2.28. The molecule has 1 unspecified atom stereocenters. The zero-order valence-corrected chi connectivity index (χ0v) is 17.6. The van der Waals surface area contributed by atoms with Crippen LogP contribution in [0, 0.1) is 5.92 Å². The van der Waals surface area contributed by atoms with E-state index in [1.807, 2.05) is 24.3 Å². The van der Waals surface area contributed by atoms with Crippen molar-refractivity contribution < 1.29 is 9.59 Å². The van der Waals surface area contributed by atoms with E-state index in [4.69, 9.17) is 11.6 Å². The van der Waals surface area contributed by atoms with E-state index in [9.17, 15) is 14.4 Å². The van der Waals surface area contributed by atoms with Crippen molar-refractivity contribution in [3.63, 3.8) is 0 Å². The smallest absolute Gasteiger partial charge is 0.263 e. The fourth-order valence-electron chi connectivity index (χ4n) is 4.42. The molecule has 0 saturated carbocycles. The number of benzene rings is 1. The standard InChI is InChI=1S/C23H21ClN4O3/c24-18-6-2-1-5-15(18)12-27-13-16(11-21(27)29)22(30)26-10-8-19-17(14-26)23(31)28-9-4-3-7-20(28)25-19/h1-7,9,16H,8,10-14H2. The van der Waals surface area contributed by atoms with E-state index in [2.05, 4.69) is 4.98 Å².